The smallest absolute Gasteiger partial charge is 0.0593 e. The zero-order chi connectivity index (χ0) is 10.8. The number of hydrogen-bond donors (Lipinski definition) is 1. The lowest BCUT2D eigenvalue weighted by atomic mass is 10.3. The van der Waals surface area contributed by atoms with Gasteiger partial charge in [0.2, 0.25) is 0 Å². The summed E-state index contributed by atoms with van der Waals surface area (Å²) in [6.45, 7) is 8.15. The highest BCUT2D eigenvalue weighted by Gasteiger charge is 2.07. The zero-order valence-corrected chi connectivity index (χ0v) is 9.83. The van der Waals surface area contributed by atoms with E-state index in [2.05, 4.69) is 10.2 Å². The summed E-state index contributed by atoms with van der Waals surface area (Å²) in [6, 6.07) is 0. The molecule has 15 heavy (non-hydrogen) atoms. The Hall–Kier alpha value is -0.160. The van der Waals surface area contributed by atoms with Gasteiger partial charge in [-0.3, -0.25) is 0 Å². The fourth-order valence-corrected chi connectivity index (χ4v) is 1.75. The van der Waals surface area contributed by atoms with Crippen molar-refractivity contribution >= 4 is 0 Å². The molecule has 0 aromatic rings. The van der Waals surface area contributed by atoms with Crippen LogP contribution in [0.5, 0.6) is 0 Å². The minimum atomic E-state index is 0.803. The molecular formula is C11H24N2O2. The number of rotatable bonds is 7. The fourth-order valence-electron chi connectivity index (χ4n) is 1.75. The van der Waals surface area contributed by atoms with Gasteiger partial charge in [0.15, 0.2) is 0 Å². The molecule has 0 aromatic carbocycles. The van der Waals surface area contributed by atoms with Crippen LogP contribution in [0.3, 0.4) is 0 Å². The Kier molecular flexibility index (Phi) is 7.83. The molecule has 1 fully saturated rings. The molecule has 4 nitrogen and oxygen atoms in total. The Balaban J connectivity index is 1.89. The summed E-state index contributed by atoms with van der Waals surface area (Å²) in [7, 11) is 1.74. The van der Waals surface area contributed by atoms with Crippen LogP contribution in [-0.4, -0.2) is 64.6 Å². The van der Waals surface area contributed by atoms with Gasteiger partial charge >= 0.3 is 0 Å². The van der Waals surface area contributed by atoms with Crippen LogP contribution < -0.4 is 5.32 Å². The molecule has 1 N–H and O–H groups in total. The molecule has 1 saturated heterocycles. The van der Waals surface area contributed by atoms with Gasteiger partial charge in [-0.25, -0.2) is 0 Å². The molecule has 0 atom stereocenters. The summed E-state index contributed by atoms with van der Waals surface area (Å²) in [5, 5.41) is 3.36. The maximum absolute atomic E-state index is 5.41. The van der Waals surface area contributed by atoms with Crippen molar-refractivity contribution in [2.75, 3.05) is 59.7 Å². The van der Waals surface area contributed by atoms with Crippen LogP contribution >= 0.6 is 0 Å². The minimum absolute atomic E-state index is 0.803. The van der Waals surface area contributed by atoms with Crippen molar-refractivity contribution in [3.05, 3.63) is 0 Å². The van der Waals surface area contributed by atoms with Crippen LogP contribution in [0.25, 0.3) is 0 Å². The number of nitrogens with one attached hydrogen (secondary N) is 1. The van der Waals surface area contributed by atoms with E-state index in [1.165, 1.54) is 25.9 Å². The quantitative estimate of drug-likeness (QED) is 0.622. The molecule has 0 radical (unpaired) electrons. The van der Waals surface area contributed by atoms with E-state index in [9.17, 15) is 0 Å². The SMILES string of the molecule is COCCNCCCN1CCCOCC1. The molecule has 0 spiro atoms. The van der Waals surface area contributed by atoms with Crippen LogP contribution in [0.2, 0.25) is 0 Å². The molecule has 0 unspecified atom stereocenters. The fraction of sp³-hybridized carbons (Fsp3) is 1.00. The van der Waals surface area contributed by atoms with Crippen molar-refractivity contribution in [2.45, 2.75) is 12.8 Å². The molecular weight excluding hydrogens is 192 g/mol. The lowest BCUT2D eigenvalue weighted by Crippen LogP contribution is -2.30. The van der Waals surface area contributed by atoms with Crippen molar-refractivity contribution < 1.29 is 9.47 Å². The second-order valence-electron chi connectivity index (χ2n) is 3.90. The molecule has 1 aliphatic heterocycles. The minimum Gasteiger partial charge on any atom is -0.383 e. The predicted molar refractivity (Wildman–Crippen MR) is 61.2 cm³/mol. The molecule has 1 aliphatic rings. The summed E-state index contributed by atoms with van der Waals surface area (Å²) in [6.07, 6.45) is 2.39. The highest BCUT2D eigenvalue weighted by atomic mass is 16.5. The van der Waals surface area contributed by atoms with E-state index in [1.54, 1.807) is 7.11 Å². The van der Waals surface area contributed by atoms with E-state index in [0.717, 1.165) is 39.5 Å². The lowest BCUT2D eigenvalue weighted by molar-refractivity contribution is 0.141. The number of hydrogen-bond acceptors (Lipinski definition) is 4. The zero-order valence-electron chi connectivity index (χ0n) is 9.83. The maximum atomic E-state index is 5.41. The first-order valence-corrected chi connectivity index (χ1v) is 5.93. The van der Waals surface area contributed by atoms with Crippen molar-refractivity contribution in [2.24, 2.45) is 0 Å². The van der Waals surface area contributed by atoms with E-state index in [4.69, 9.17) is 9.47 Å². The van der Waals surface area contributed by atoms with E-state index in [0.29, 0.717) is 0 Å². The third-order valence-electron chi connectivity index (χ3n) is 2.63. The van der Waals surface area contributed by atoms with E-state index < -0.39 is 0 Å². The Bertz CT molecular complexity index is 137. The van der Waals surface area contributed by atoms with Crippen molar-refractivity contribution in [1.82, 2.24) is 10.2 Å². The number of methoxy groups -OCH3 is 1. The predicted octanol–water partition coefficient (Wildman–Crippen LogP) is 0.335. The standard InChI is InChI=1S/C11H24N2O2/c1-14-10-5-12-4-2-6-13-7-3-9-15-11-8-13/h12H,2-11H2,1H3. The molecule has 1 rings (SSSR count). The lowest BCUT2D eigenvalue weighted by Gasteiger charge is -2.18. The molecule has 0 aromatic heterocycles. The van der Waals surface area contributed by atoms with Gasteiger partial charge in [0.1, 0.15) is 0 Å². The average Bonchev–Trinajstić information content (AvgIpc) is 2.52. The summed E-state index contributed by atoms with van der Waals surface area (Å²) in [5.74, 6) is 0. The molecule has 0 bridgehead atoms. The van der Waals surface area contributed by atoms with E-state index in [-0.39, 0.29) is 0 Å². The third kappa shape index (κ3) is 6.84. The van der Waals surface area contributed by atoms with Crippen LogP contribution in [0.4, 0.5) is 0 Å². The third-order valence-corrected chi connectivity index (χ3v) is 2.63. The second kappa shape index (κ2) is 9.09. The molecule has 1 heterocycles. The molecule has 90 valence electrons. The largest absolute Gasteiger partial charge is 0.383 e. The first-order valence-electron chi connectivity index (χ1n) is 5.93. The Morgan fingerprint density at radius 2 is 2.20 bits per heavy atom. The summed E-state index contributed by atoms with van der Waals surface area (Å²) in [4.78, 5) is 2.49. The van der Waals surface area contributed by atoms with Crippen molar-refractivity contribution in [1.29, 1.82) is 0 Å². The van der Waals surface area contributed by atoms with E-state index in [1.807, 2.05) is 0 Å². The van der Waals surface area contributed by atoms with Gasteiger partial charge in [-0.1, -0.05) is 0 Å². The Labute approximate surface area is 92.9 Å². The highest BCUT2D eigenvalue weighted by Crippen LogP contribution is 1.99. The number of ether oxygens (including phenoxy) is 2. The molecule has 0 saturated carbocycles. The molecule has 0 aliphatic carbocycles. The van der Waals surface area contributed by atoms with Gasteiger partial charge < -0.3 is 19.7 Å². The Morgan fingerprint density at radius 1 is 1.27 bits per heavy atom. The maximum Gasteiger partial charge on any atom is 0.0593 e. The highest BCUT2D eigenvalue weighted by molar-refractivity contribution is 4.61. The second-order valence-corrected chi connectivity index (χ2v) is 3.90. The van der Waals surface area contributed by atoms with Gasteiger partial charge in [-0.2, -0.15) is 0 Å². The summed E-state index contributed by atoms with van der Waals surface area (Å²) >= 11 is 0. The summed E-state index contributed by atoms with van der Waals surface area (Å²) in [5.41, 5.74) is 0. The van der Waals surface area contributed by atoms with Crippen LogP contribution in [-0.2, 0) is 9.47 Å². The first kappa shape index (κ1) is 12.9. The Morgan fingerprint density at radius 3 is 3.07 bits per heavy atom. The molecule has 0 amide bonds. The number of nitrogens with zero attached hydrogens (tertiary/aromatic N) is 1. The van der Waals surface area contributed by atoms with Crippen LogP contribution in [0.1, 0.15) is 12.8 Å². The van der Waals surface area contributed by atoms with Gasteiger partial charge in [0, 0.05) is 33.4 Å². The van der Waals surface area contributed by atoms with Gasteiger partial charge in [-0.15, -0.1) is 0 Å². The molecule has 4 heteroatoms. The average molecular weight is 216 g/mol. The van der Waals surface area contributed by atoms with Gasteiger partial charge in [0.05, 0.1) is 13.2 Å². The van der Waals surface area contributed by atoms with Crippen LogP contribution in [0.15, 0.2) is 0 Å². The topological polar surface area (TPSA) is 33.7 Å². The van der Waals surface area contributed by atoms with Crippen molar-refractivity contribution in [3.63, 3.8) is 0 Å². The van der Waals surface area contributed by atoms with Crippen LogP contribution in [0, 0.1) is 0 Å². The van der Waals surface area contributed by atoms with Crippen molar-refractivity contribution in [3.8, 4) is 0 Å². The van der Waals surface area contributed by atoms with Gasteiger partial charge in [0.25, 0.3) is 0 Å². The normalized spacial score (nSPS) is 19.0. The summed E-state index contributed by atoms with van der Waals surface area (Å²) < 4.78 is 10.4. The van der Waals surface area contributed by atoms with E-state index >= 15 is 0 Å². The monoisotopic (exact) mass is 216 g/mol. The first-order chi connectivity index (χ1) is 7.43. The van der Waals surface area contributed by atoms with Gasteiger partial charge in [-0.05, 0) is 25.9 Å².